The lowest BCUT2D eigenvalue weighted by Crippen LogP contribution is -2.11. The van der Waals surface area contributed by atoms with Gasteiger partial charge >= 0.3 is 5.97 Å². The molecule has 2 aromatic rings. The third kappa shape index (κ3) is 3.01. The first-order chi connectivity index (χ1) is 9.67. The highest BCUT2D eigenvalue weighted by Gasteiger charge is 2.16. The molecule has 0 aromatic carbocycles. The van der Waals surface area contributed by atoms with Crippen molar-refractivity contribution in [1.29, 1.82) is 0 Å². The Morgan fingerprint density at radius 3 is 2.80 bits per heavy atom. The second-order valence-electron chi connectivity index (χ2n) is 3.96. The summed E-state index contributed by atoms with van der Waals surface area (Å²) in [5.74, 6) is 0.0957. The van der Waals surface area contributed by atoms with Crippen molar-refractivity contribution in [1.82, 2.24) is 15.0 Å². The van der Waals surface area contributed by atoms with E-state index in [-0.39, 0.29) is 0 Å². The first-order valence-corrected chi connectivity index (χ1v) is 7.10. The van der Waals surface area contributed by atoms with E-state index < -0.39 is 5.97 Å². The molecule has 0 saturated carbocycles. The van der Waals surface area contributed by atoms with E-state index in [4.69, 9.17) is 4.74 Å². The van der Waals surface area contributed by atoms with Crippen LogP contribution in [0.1, 0.15) is 29.9 Å². The van der Waals surface area contributed by atoms with Crippen molar-refractivity contribution in [2.45, 2.75) is 20.3 Å². The van der Waals surface area contributed by atoms with Crippen LogP contribution in [0, 0.1) is 0 Å². The lowest BCUT2D eigenvalue weighted by Gasteiger charge is -2.08. The van der Waals surface area contributed by atoms with E-state index in [9.17, 15) is 4.79 Å². The van der Waals surface area contributed by atoms with Crippen molar-refractivity contribution in [3.05, 3.63) is 40.3 Å². The van der Waals surface area contributed by atoms with Crippen molar-refractivity contribution in [3.63, 3.8) is 0 Å². The Kier molecular flexibility index (Phi) is 4.79. The van der Waals surface area contributed by atoms with Crippen molar-refractivity contribution in [2.24, 2.45) is 0 Å². The number of aryl methyl sites for hydroxylation is 1. The van der Waals surface area contributed by atoms with Gasteiger partial charge in [0.1, 0.15) is 5.69 Å². The second kappa shape index (κ2) is 6.56. The summed E-state index contributed by atoms with van der Waals surface area (Å²) in [6.07, 6.45) is 3.79. The number of nitrogens with zero attached hydrogens (tertiary/aromatic N) is 3. The molecule has 0 bridgehead atoms. The van der Waals surface area contributed by atoms with Crippen LogP contribution in [-0.4, -0.2) is 27.5 Å². The van der Waals surface area contributed by atoms with Gasteiger partial charge in [0.05, 0.1) is 17.9 Å². The monoisotopic (exact) mass is 335 g/mol. The zero-order valence-electron chi connectivity index (χ0n) is 11.3. The molecule has 0 aliphatic carbocycles. The number of pyridine rings is 1. The largest absolute Gasteiger partial charge is 0.462 e. The van der Waals surface area contributed by atoms with E-state index in [0.29, 0.717) is 35.8 Å². The summed E-state index contributed by atoms with van der Waals surface area (Å²) < 4.78 is 5.81. The van der Waals surface area contributed by atoms with E-state index in [0.717, 1.165) is 4.47 Å². The number of esters is 1. The van der Waals surface area contributed by atoms with Crippen molar-refractivity contribution < 1.29 is 9.53 Å². The van der Waals surface area contributed by atoms with E-state index in [2.05, 4.69) is 30.9 Å². The third-order valence-corrected chi connectivity index (χ3v) is 3.31. The first kappa shape index (κ1) is 14.6. The smallest absolute Gasteiger partial charge is 0.341 e. The molecule has 0 aliphatic rings. The SMILES string of the molecule is CCOC(=O)c1cnc(-c2ncccc2Br)nc1CC. The van der Waals surface area contributed by atoms with Gasteiger partial charge in [-0.05, 0) is 41.4 Å². The molecule has 0 amide bonds. The molecule has 0 fully saturated rings. The normalized spacial score (nSPS) is 10.3. The van der Waals surface area contributed by atoms with Crippen molar-refractivity contribution in [3.8, 4) is 11.5 Å². The Labute approximate surface area is 125 Å². The summed E-state index contributed by atoms with van der Waals surface area (Å²) in [7, 11) is 0. The molecule has 0 aliphatic heterocycles. The van der Waals surface area contributed by atoms with Gasteiger partial charge in [-0.2, -0.15) is 0 Å². The standard InChI is InChI=1S/C14H14BrN3O2/c1-3-11-9(14(19)20-4-2)8-17-13(18-11)12-10(15)6-5-7-16-12/h5-8H,3-4H2,1-2H3. The van der Waals surface area contributed by atoms with Gasteiger partial charge in [-0.3, -0.25) is 4.98 Å². The number of aromatic nitrogens is 3. The van der Waals surface area contributed by atoms with Crippen LogP contribution < -0.4 is 0 Å². The highest BCUT2D eigenvalue weighted by Crippen LogP contribution is 2.23. The van der Waals surface area contributed by atoms with E-state index in [1.165, 1.54) is 6.20 Å². The predicted molar refractivity (Wildman–Crippen MR) is 78.3 cm³/mol. The zero-order chi connectivity index (χ0) is 14.5. The van der Waals surface area contributed by atoms with Crippen molar-refractivity contribution in [2.75, 3.05) is 6.61 Å². The van der Waals surface area contributed by atoms with Crippen LogP contribution in [0.15, 0.2) is 29.0 Å². The average Bonchev–Trinajstić information content (AvgIpc) is 2.47. The number of carbonyl (C=O) groups is 1. The highest BCUT2D eigenvalue weighted by atomic mass is 79.9. The molecule has 0 atom stereocenters. The Bertz CT molecular complexity index is 632. The minimum absolute atomic E-state index is 0.329. The van der Waals surface area contributed by atoms with Crippen LogP contribution >= 0.6 is 15.9 Å². The summed E-state index contributed by atoms with van der Waals surface area (Å²) in [5, 5.41) is 0. The second-order valence-corrected chi connectivity index (χ2v) is 4.82. The van der Waals surface area contributed by atoms with Gasteiger partial charge in [-0.15, -0.1) is 0 Å². The minimum Gasteiger partial charge on any atom is -0.462 e. The average molecular weight is 336 g/mol. The number of rotatable bonds is 4. The van der Waals surface area contributed by atoms with Crippen LogP contribution in [-0.2, 0) is 11.2 Å². The highest BCUT2D eigenvalue weighted by molar-refractivity contribution is 9.10. The topological polar surface area (TPSA) is 65.0 Å². The summed E-state index contributed by atoms with van der Waals surface area (Å²) in [4.78, 5) is 24.7. The Balaban J connectivity index is 2.45. The Hall–Kier alpha value is -1.82. The van der Waals surface area contributed by atoms with Crippen molar-refractivity contribution >= 4 is 21.9 Å². The molecular formula is C14H14BrN3O2. The fourth-order valence-electron chi connectivity index (χ4n) is 1.73. The van der Waals surface area contributed by atoms with Gasteiger partial charge in [0, 0.05) is 16.9 Å². The molecular weight excluding hydrogens is 322 g/mol. The molecule has 0 unspecified atom stereocenters. The van der Waals surface area contributed by atoms with E-state index in [1.54, 1.807) is 13.1 Å². The Morgan fingerprint density at radius 2 is 2.15 bits per heavy atom. The quantitative estimate of drug-likeness (QED) is 0.803. The molecule has 20 heavy (non-hydrogen) atoms. The van der Waals surface area contributed by atoms with E-state index >= 15 is 0 Å². The van der Waals surface area contributed by atoms with Crippen LogP contribution in [0.5, 0.6) is 0 Å². The maximum atomic E-state index is 11.8. The summed E-state index contributed by atoms with van der Waals surface area (Å²) in [6.45, 7) is 4.03. The van der Waals surface area contributed by atoms with Crippen LogP contribution in [0.25, 0.3) is 11.5 Å². The first-order valence-electron chi connectivity index (χ1n) is 6.31. The number of hydrogen-bond donors (Lipinski definition) is 0. The Morgan fingerprint density at radius 1 is 1.35 bits per heavy atom. The lowest BCUT2D eigenvalue weighted by atomic mass is 10.2. The number of hydrogen-bond acceptors (Lipinski definition) is 5. The zero-order valence-corrected chi connectivity index (χ0v) is 12.8. The van der Waals surface area contributed by atoms with Crippen LogP contribution in [0.4, 0.5) is 0 Å². The molecule has 0 spiro atoms. The molecule has 104 valence electrons. The summed E-state index contributed by atoms with van der Waals surface area (Å²) in [5.41, 5.74) is 1.72. The lowest BCUT2D eigenvalue weighted by molar-refractivity contribution is 0.0524. The minimum atomic E-state index is -0.393. The third-order valence-electron chi connectivity index (χ3n) is 2.67. The fraction of sp³-hybridized carbons (Fsp3) is 0.286. The fourth-order valence-corrected chi connectivity index (χ4v) is 2.16. The molecule has 5 nitrogen and oxygen atoms in total. The van der Waals surface area contributed by atoms with Gasteiger partial charge < -0.3 is 4.74 Å². The summed E-state index contributed by atoms with van der Waals surface area (Å²) in [6, 6.07) is 3.69. The van der Waals surface area contributed by atoms with Crippen LogP contribution in [0.3, 0.4) is 0 Å². The number of carbonyl (C=O) groups excluding carboxylic acids is 1. The molecule has 0 saturated heterocycles. The van der Waals surface area contributed by atoms with Gasteiger partial charge in [-0.25, -0.2) is 14.8 Å². The number of ether oxygens (including phenoxy) is 1. The van der Waals surface area contributed by atoms with Gasteiger partial charge in [0.25, 0.3) is 0 Å². The van der Waals surface area contributed by atoms with E-state index in [1.807, 2.05) is 19.1 Å². The molecule has 0 N–H and O–H groups in total. The molecule has 0 radical (unpaired) electrons. The van der Waals surface area contributed by atoms with Gasteiger partial charge in [-0.1, -0.05) is 6.92 Å². The molecule has 6 heteroatoms. The maximum Gasteiger partial charge on any atom is 0.341 e. The molecule has 2 aromatic heterocycles. The van der Waals surface area contributed by atoms with Gasteiger partial charge in [0.15, 0.2) is 5.82 Å². The molecule has 2 rings (SSSR count). The van der Waals surface area contributed by atoms with Crippen LogP contribution in [0.2, 0.25) is 0 Å². The van der Waals surface area contributed by atoms with Gasteiger partial charge in [0.2, 0.25) is 0 Å². The predicted octanol–water partition coefficient (Wildman–Crippen LogP) is 3.04. The number of halogens is 1. The maximum absolute atomic E-state index is 11.8. The molecule has 2 heterocycles. The summed E-state index contributed by atoms with van der Waals surface area (Å²) >= 11 is 3.42.